The maximum absolute atomic E-state index is 4.89. The zero-order valence-electron chi connectivity index (χ0n) is 18.7. The molecule has 32 heavy (non-hydrogen) atoms. The third-order valence-electron chi connectivity index (χ3n) is 6.05. The van der Waals surface area contributed by atoms with Crippen molar-refractivity contribution in [3.05, 3.63) is 108 Å². The maximum Gasteiger partial charge on any atom is -0.693 e. The molecule has 0 unspecified atom stereocenters. The van der Waals surface area contributed by atoms with Crippen LogP contribution in [0.3, 0.4) is 0 Å². The molecule has 1 aliphatic carbocycles. The average molecular weight is 496 g/mol. The van der Waals surface area contributed by atoms with Gasteiger partial charge < -0.3 is 6.15 Å². The summed E-state index contributed by atoms with van der Waals surface area (Å²) in [4.78, 5) is 0. The smallest absolute Gasteiger partial charge is 0.693 e. The number of fused-ring (bicyclic) bond motifs is 4. The van der Waals surface area contributed by atoms with E-state index in [0.29, 0.717) is 0 Å². The molecule has 164 valence electrons. The van der Waals surface area contributed by atoms with E-state index in [1.165, 1.54) is 49.7 Å². The summed E-state index contributed by atoms with van der Waals surface area (Å²) in [6.07, 6.45) is 0.999. The third-order valence-corrected chi connectivity index (χ3v) is 6.05. The van der Waals surface area contributed by atoms with Crippen molar-refractivity contribution in [2.45, 2.75) is 32.6 Å². The van der Waals surface area contributed by atoms with Crippen LogP contribution in [0.1, 0.15) is 43.0 Å². The van der Waals surface area contributed by atoms with Crippen LogP contribution in [0.15, 0.2) is 72.8 Å². The molecule has 1 nitrogen and oxygen atoms in total. The second-order valence-electron chi connectivity index (χ2n) is 8.99. The van der Waals surface area contributed by atoms with Crippen molar-refractivity contribution in [2.24, 2.45) is 0 Å². The molecule has 0 bridgehead atoms. The average Bonchev–Trinajstić information content (AvgIpc) is 3.12. The van der Waals surface area contributed by atoms with Crippen molar-refractivity contribution < 1.29 is 17.0 Å². The van der Waals surface area contributed by atoms with Crippen LogP contribution >= 0.6 is 18.6 Å². The van der Waals surface area contributed by atoms with E-state index in [4.69, 9.17) is 18.6 Å². The zero-order valence-corrected chi connectivity index (χ0v) is 21.7. The first-order chi connectivity index (χ1) is 14.9. The topological polar surface area (TPSA) is 33.5 Å². The first kappa shape index (κ1) is 24.9. The molecule has 2 N–H and O–H groups in total. The summed E-state index contributed by atoms with van der Waals surface area (Å²) in [5.41, 5.74) is 10.8. The molecule has 4 aromatic rings. The van der Waals surface area contributed by atoms with Gasteiger partial charge in [-0.3, -0.25) is 0 Å². The predicted molar refractivity (Wildman–Crippen MR) is 138 cm³/mol. The van der Waals surface area contributed by atoms with E-state index < -0.39 is 17.0 Å². The van der Waals surface area contributed by atoms with E-state index in [1.54, 1.807) is 0 Å². The number of benzene rings is 4. The Labute approximate surface area is 208 Å². The van der Waals surface area contributed by atoms with E-state index >= 15 is 0 Å². The van der Waals surface area contributed by atoms with Crippen LogP contribution in [0, 0.1) is 6.92 Å². The minimum Gasteiger partial charge on any atom is -0.693 e. The van der Waals surface area contributed by atoms with Gasteiger partial charge >= 0.3 is 35.6 Å². The molecular weight excluding hydrogens is 469 g/mol. The quantitative estimate of drug-likeness (QED) is 0.164. The van der Waals surface area contributed by atoms with Crippen LogP contribution in [0.25, 0.3) is 39.2 Å². The summed E-state index contributed by atoms with van der Waals surface area (Å²) < 4.78 is 0. The standard InChI is InChI=1S/C28H25.2ClH.H2N.Ti/c1-18-25(16-20-11-6-8-13-22(20)27(18)28(2,3)4)24-15-9-14-23-21-12-7-5-10-19(21)17-26(23)24;;;;/h5-16H,1,17H2,2-4H3;2*1H;1H2;/q-1;;;-1;+2/p-2. The van der Waals surface area contributed by atoms with Gasteiger partial charge in [-0.2, -0.15) is 12.5 Å². The molecule has 4 aromatic carbocycles. The van der Waals surface area contributed by atoms with Crippen molar-refractivity contribution >= 4 is 29.4 Å². The summed E-state index contributed by atoms with van der Waals surface area (Å²) in [5.74, 6) is 0. The van der Waals surface area contributed by atoms with E-state index in [2.05, 4.69) is 100 Å². The van der Waals surface area contributed by atoms with E-state index in [9.17, 15) is 0 Å². The first-order valence-electron chi connectivity index (χ1n) is 10.4. The molecule has 0 aromatic heterocycles. The van der Waals surface area contributed by atoms with Crippen LogP contribution in [0.4, 0.5) is 0 Å². The maximum atomic E-state index is 4.89. The Morgan fingerprint density at radius 2 is 1.34 bits per heavy atom. The number of hydrogen-bond acceptors (Lipinski definition) is 0. The molecule has 0 fully saturated rings. The summed E-state index contributed by atoms with van der Waals surface area (Å²) >= 11 is -0.556. The van der Waals surface area contributed by atoms with Crippen LogP contribution in [-0.4, -0.2) is 0 Å². The fourth-order valence-corrected chi connectivity index (χ4v) is 4.90. The van der Waals surface area contributed by atoms with Gasteiger partial charge in [-0.1, -0.05) is 104 Å². The molecule has 4 heteroatoms. The van der Waals surface area contributed by atoms with Crippen molar-refractivity contribution in [2.75, 3.05) is 0 Å². The van der Waals surface area contributed by atoms with E-state index in [1.807, 2.05) is 0 Å². The summed E-state index contributed by atoms with van der Waals surface area (Å²) in [5, 5.41) is 2.61. The predicted octanol–water partition coefficient (Wildman–Crippen LogP) is 9.65. The van der Waals surface area contributed by atoms with Gasteiger partial charge in [-0.05, 0) is 34.1 Å². The van der Waals surface area contributed by atoms with Crippen LogP contribution in [0.2, 0.25) is 0 Å². The van der Waals surface area contributed by atoms with Crippen molar-refractivity contribution in [1.29, 1.82) is 0 Å². The molecular formula is C28H27Cl2NTi-2. The molecule has 0 saturated carbocycles. The number of rotatable bonds is 1. The minimum atomic E-state index is -0.556. The van der Waals surface area contributed by atoms with Crippen LogP contribution in [0.5, 0.6) is 0 Å². The Morgan fingerprint density at radius 1 is 0.781 bits per heavy atom. The summed E-state index contributed by atoms with van der Waals surface area (Å²) in [6.45, 7) is 11.5. The van der Waals surface area contributed by atoms with Gasteiger partial charge in [0.25, 0.3) is 0 Å². The molecule has 0 aliphatic heterocycles. The van der Waals surface area contributed by atoms with Gasteiger partial charge in [0.15, 0.2) is 0 Å². The molecule has 5 rings (SSSR count). The molecule has 0 saturated heterocycles. The number of halogens is 2. The summed E-state index contributed by atoms with van der Waals surface area (Å²) in [6, 6.07) is 26.6. The van der Waals surface area contributed by atoms with E-state index in [0.717, 1.165) is 12.0 Å². The molecule has 0 atom stereocenters. The second kappa shape index (κ2) is 10.0. The second-order valence-corrected chi connectivity index (χ2v) is 11.6. The monoisotopic (exact) mass is 495 g/mol. The Morgan fingerprint density at radius 3 is 2.03 bits per heavy atom. The molecule has 0 heterocycles. The molecule has 1 aliphatic rings. The number of hydrogen-bond donors (Lipinski definition) is 0. The Kier molecular flexibility index (Phi) is 7.81. The normalized spacial score (nSPS) is 11.7. The Balaban J connectivity index is 0.000000686. The van der Waals surface area contributed by atoms with Gasteiger partial charge in [0, 0.05) is 0 Å². The number of nitrogens with two attached hydrogens (primary N) is 1. The van der Waals surface area contributed by atoms with Gasteiger partial charge in [-0.25, -0.2) is 0 Å². The third kappa shape index (κ3) is 4.51. The van der Waals surface area contributed by atoms with Gasteiger partial charge in [0.2, 0.25) is 0 Å². The van der Waals surface area contributed by atoms with Crippen LogP contribution in [-0.2, 0) is 28.9 Å². The van der Waals surface area contributed by atoms with Crippen molar-refractivity contribution in [3.63, 3.8) is 0 Å². The SMILES string of the molecule is [CH2-]c1c(-c2cccc3c2Cc2ccccc2-3)cc2ccccc2c1C(C)(C)C.[Cl][Ti][Cl].[NH2-]. The fraction of sp³-hybridized carbons (Fsp3) is 0.179. The zero-order chi connectivity index (χ0) is 22.2. The van der Waals surface area contributed by atoms with Crippen molar-refractivity contribution in [3.8, 4) is 22.3 Å². The Hall–Kier alpha value is -1.74. The van der Waals surface area contributed by atoms with Gasteiger partial charge in [0.05, 0.1) is 0 Å². The van der Waals surface area contributed by atoms with Gasteiger partial charge in [0.1, 0.15) is 0 Å². The summed E-state index contributed by atoms with van der Waals surface area (Å²) in [7, 11) is 9.78. The minimum absolute atomic E-state index is 0. The van der Waals surface area contributed by atoms with Crippen molar-refractivity contribution in [1.82, 2.24) is 0 Å². The van der Waals surface area contributed by atoms with E-state index in [-0.39, 0.29) is 11.6 Å². The molecule has 0 amide bonds. The first-order valence-corrected chi connectivity index (χ1v) is 14.7. The Bertz CT molecular complexity index is 1260. The largest absolute Gasteiger partial charge is 0.693 e. The fourth-order valence-electron chi connectivity index (χ4n) is 4.90. The van der Waals surface area contributed by atoms with Gasteiger partial charge in [-0.15, -0.1) is 17.2 Å². The molecule has 0 radical (unpaired) electrons. The molecule has 0 spiro atoms. The van der Waals surface area contributed by atoms with Crippen LogP contribution < -0.4 is 0 Å².